The van der Waals surface area contributed by atoms with Crippen molar-refractivity contribution in [3.8, 4) is 0 Å². The highest BCUT2D eigenvalue weighted by Gasteiger charge is 2.40. The van der Waals surface area contributed by atoms with Gasteiger partial charge in [-0.3, -0.25) is 9.59 Å². The summed E-state index contributed by atoms with van der Waals surface area (Å²) in [4.78, 5) is 26.7. The quantitative estimate of drug-likeness (QED) is 0.877. The van der Waals surface area contributed by atoms with Gasteiger partial charge in [0.15, 0.2) is 0 Å². The minimum absolute atomic E-state index is 0.153. The van der Waals surface area contributed by atoms with Crippen LogP contribution >= 0.6 is 0 Å². The Hall–Kier alpha value is -2.62. The Morgan fingerprint density at radius 3 is 2.08 bits per heavy atom. The van der Waals surface area contributed by atoms with Gasteiger partial charge in [0, 0.05) is 5.69 Å². The number of hydrogen-bond donors (Lipinski definition) is 1. The number of anilines is 2. The number of amides is 2. The molecule has 2 amide bonds. The lowest BCUT2D eigenvalue weighted by atomic mass is 10.0. The number of benzene rings is 2. The molecule has 1 saturated heterocycles. The molecule has 2 aromatic carbocycles. The number of nitrogens with one attached hydrogen (secondary N) is 1. The van der Waals surface area contributed by atoms with Gasteiger partial charge >= 0.3 is 0 Å². The van der Waals surface area contributed by atoms with Crippen LogP contribution in [0, 0.1) is 27.7 Å². The average molecular weight is 322 g/mol. The van der Waals surface area contributed by atoms with Crippen molar-refractivity contribution in [1.82, 2.24) is 0 Å². The van der Waals surface area contributed by atoms with Crippen molar-refractivity contribution in [3.63, 3.8) is 0 Å². The largest absolute Gasteiger partial charge is 0.373 e. The normalized spacial score (nSPS) is 17.5. The van der Waals surface area contributed by atoms with Gasteiger partial charge in [-0.25, -0.2) is 4.90 Å². The molecule has 124 valence electrons. The second kappa shape index (κ2) is 6.11. The summed E-state index contributed by atoms with van der Waals surface area (Å²) in [5, 5.41) is 3.19. The minimum Gasteiger partial charge on any atom is -0.373 e. The Morgan fingerprint density at radius 2 is 1.50 bits per heavy atom. The fourth-order valence-corrected chi connectivity index (χ4v) is 3.36. The third kappa shape index (κ3) is 2.92. The SMILES string of the molecule is Cc1ccc(N[C@H]2CC(=O)N(c3c(C)cc(C)cc3C)C2=O)cc1. The number of hydrogen-bond acceptors (Lipinski definition) is 3. The molecule has 4 nitrogen and oxygen atoms in total. The Balaban J connectivity index is 1.88. The Morgan fingerprint density at radius 1 is 0.917 bits per heavy atom. The molecule has 0 aromatic heterocycles. The van der Waals surface area contributed by atoms with Crippen LogP contribution < -0.4 is 10.2 Å². The van der Waals surface area contributed by atoms with Gasteiger partial charge in [-0.05, 0) is 51.0 Å². The van der Waals surface area contributed by atoms with Crippen molar-refractivity contribution in [2.24, 2.45) is 0 Å². The molecule has 1 fully saturated rings. The van der Waals surface area contributed by atoms with Crippen LogP contribution in [0.5, 0.6) is 0 Å². The van der Waals surface area contributed by atoms with Crippen molar-refractivity contribution < 1.29 is 9.59 Å². The smallest absolute Gasteiger partial charge is 0.256 e. The summed E-state index contributed by atoms with van der Waals surface area (Å²) in [6.07, 6.45) is 0.180. The Kier molecular flexibility index (Phi) is 4.14. The maximum Gasteiger partial charge on any atom is 0.256 e. The van der Waals surface area contributed by atoms with Gasteiger partial charge < -0.3 is 5.32 Å². The van der Waals surface area contributed by atoms with Crippen molar-refractivity contribution in [1.29, 1.82) is 0 Å². The molecular formula is C20H22N2O2. The molecule has 1 aliphatic heterocycles. The fraction of sp³-hybridized carbons (Fsp3) is 0.300. The molecule has 0 bridgehead atoms. The number of aryl methyl sites for hydroxylation is 4. The van der Waals surface area contributed by atoms with Crippen LogP contribution in [0.25, 0.3) is 0 Å². The molecule has 1 N–H and O–H groups in total. The predicted octanol–water partition coefficient (Wildman–Crippen LogP) is 3.66. The van der Waals surface area contributed by atoms with Crippen LogP contribution in [0.4, 0.5) is 11.4 Å². The van der Waals surface area contributed by atoms with Gasteiger partial charge in [0.05, 0.1) is 12.1 Å². The molecule has 0 spiro atoms. The highest BCUT2D eigenvalue weighted by molar-refractivity contribution is 6.23. The number of nitrogens with zero attached hydrogens (tertiary/aromatic N) is 1. The van der Waals surface area contributed by atoms with E-state index in [1.807, 2.05) is 64.1 Å². The zero-order chi connectivity index (χ0) is 17.4. The van der Waals surface area contributed by atoms with E-state index < -0.39 is 6.04 Å². The Labute approximate surface area is 142 Å². The molecular weight excluding hydrogens is 300 g/mol. The second-order valence-electron chi connectivity index (χ2n) is 6.58. The summed E-state index contributed by atoms with van der Waals surface area (Å²) in [7, 11) is 0. The molecule has 4 heteroatoms. The van der Waals surface area contributed by atoms with Gasteiger partial charge in [-0.15, -0.1) is 0 Å². The van der Waals surface area contributed by atoms with E-state index in [0.717, 1.165) is 33.6 Å². The van der Waals surface area contributed by atoms with Crippen LogP contribution in [0.3, 0.4) is 0 Å². The molecule has 0 radical (unpaired) electrons. The molecule has 0 aliphatic carbocycles. The van der Waals surface area contributed by atoms with Gasteiger partial charge in [0.25, 0.3) is 5.91 Å². The average Bonchev–Trinajstić information content (AvgIpc) is 2.76. The molecule has 3 rings (SSSR count). The monoisotopic (exact) mass is 322 g/mol. The molecule has 0 unspecified atom stereocenters. The highest BCUT2D eigenvalue weighted by atomic mass is 16.2. The van der Waals surface area contributed by atoms with Gasteiger partial charge in [-0.1, -0.05) is 35.4 Å². The van der Waals surface area contributed by atoms with E-state index in [1.54, 1.807) is 0 Å². The summed E-state index contributed by atoms with van der Waals surface area (Å²) in [5.41, 5.74) is 5.76. The highest BCUT2D eigenvalue weighted by Crippen LogP contribution is 2.31. The second-order valence-corrected chi connectivity index (χ2v) is 6.58. The third-order valence-electron chi connectivity index (χ3n) is 4.40. The molecule has 1 aliphatic rings. The maximum absolute atomic E-state index is 12.8. The predicted molar refractivity (Wildman–Crippen MR) is 96.4 cm³/mol. The van der Waals surface area contributed by atoms with Crippen LogP contribution in [0.2, 0.25) is 0 Å². The van der Waals surface area contributed by atoms with Crippen molar-refractivity contribution in [3.05, 3.63) is 58.7 Å². The molecule has 1 heterocycles. The number of imide groups is 1. The van der Waals surface area contributed by atoms with Crippen LogP contribution in [0.1, 0.15) is 28.7 Å². The zero-order valence-corrected chi connectivity index (χ0v) is 14.5. The van der Waals surface area contributed by atoms with E-state index in [0.29, 0.717) is 0 Å². The van der Waals surface area contributed by atoms with Crippen LogP contribution in [0.15, 0.2) is 36.4 Å². The first-order valence-electron chi connectivity index (χ1n) is 8.14. The van der Waals surface area contributed by atoms with Crippen LogP contribution in [-0.2, 0) is 9.59 Å². The first kappa shape index (κ1) is 16.2. The first-order valence-corrected chi connectivity index (χ1v) is 8.14. The van der Waals surface area contributed by atoms with E-state index in [4.69, 9.17) is 0 Å². The lowest BCUT2D eigenvalue weighted by Crippen LogP contribution is -2.35. The summed E-state index contributed by atoms with van der Waals surface area (Å²) in [5.74, 6) is -0.338. The Bertz CT molecular complexity index is 786. The van der Waals surface area contributed by atoms with E-state index in [9.17, 15) is 9.59 Å². The van der Waals surface area contributed by atoms with Crippen molar-refractivity contribution >= 4 is 23.2 Å². The minimum atomic E-state index is -0.514. The lowest BCUT2D eigenvalue weighted by Gasteiger charge is -2.21. The van der Waals surface area contributed by atoms with Crippen molar-refractivity contribution in [2.75, 3.05) is 10.2 Å². The molecule has 24 heavy (non-hydrogen) atoms. The van der Waals surface area contributed by atoms with Crippen molar-refractivity contribution in [2.45, 2.75) is 40.2 Å². The van der Waals surface area contributed by atoms with Crippen LogP contribution in [-0.4, -0.2) is 17.9 Å². The van der Waals surface area contributed by atoms with Gasteiger partial charge in [-0.2, -0.15) is 0 Å². The van der Waals surface area contributed by atoms with Gasteiger partial charge in [0.1, 0.15) is 6.04 Å². The summed E-state index contributed by atoms with van der Waals surface area (Å²) >= 11 is 0. The number of carbonyl (C=O) groups excluding carboxylic acids is 2. The van der Waals surface area contributed by atoms with E-state index in [1.165, 1.54) is 4.90 Å². The number of carbonyl (C=O) groups is 2. The first-order chi connectivity index (χ1) is 11.4. The molecule has 1 atom stereocenters. The number of rotatable bonds is 3. The molecule has 2 aromatic rings. The standard InChI is InChI=1S/C20H22N2O2/c1-12-5-7-16(8-6-12)21-17-11-18(23)22(20(17)24)19-14(3)9-13(2)10-15(19)4/h5-10,17,21H,11H2,1-4H3/t17-/m0/s1. The maximum atomic E-state index is 12.8. The van der Waals surface area contributed by atoms with E-state index >= 15 is 0 Å². The topological polar surface area (TPSA) is 49.4 Å². The summed E-state index contributed by atoms with van der Waals surface area (Å²) < 4.78 is 0. The molecule has 0 saturated carbocycles. The lowest BCUT2D eigenvalue weighted by molar-refractivity contribution is -0.121. The summed E-state index contributed by atoms with van der Waals surface area (Å²) in [6, 6.07) is 11.3. The van der Waals surface area contributed by atoms with Gasteiger partial charge in [0.2, 0.25) is 5.91 Å². The zero-order valence-electron chi connectivity index (χ0n) is 14.5. The fourth-order valence-electron chi connectivity index (χ4n) is 3.36. The van der Waals surface area contributed by atoms with E-state index in [2.05, 4.69) is 5.32 Å². The third-order valence-corrected chi connectivity index (χ3v) is 4.40. The van der Waals surface area contributed by atoms with E-state index in [-0.39, 0.29) is 18.2 Å². The summed E-state index contributed by atoms with van der Waals surface area (Å²) in [6.45, 7) is 7.91.